The fraction of sp³-hybridized carbons (Fsp3) is 0.190. The summed E-state index contributed by atoms with van der Waals surface area (Å²) in [6, 6.07) is 15.1. The molecule has 0 aromatic heterocycles. The van der Waals surface area contributed by atoms with Gasteiger partial charge in [0.2, 0.25) is 0 Å². The van der Waals surface area contributed by atoms with Crippen molar-refractivity contribution in [2.45, 2.75) is 19.6 Å². The van der Waals surface area contributed by atoms with Gasteiger partial charge in [-0.2, -0.15) is 0 Å². The summed E-state index contributed by atoms with van der Waals surface area (Å²) in [6.07, 6.45) is 2.42. The molecule has 1 N–H and O–H groups in total. The Morgan fingerprint density at radius 1 is 1.04 bits per heavy atom. The highest BCUT2D eigenvalue weighted by atomic mass is 16.6. The number of rotatable bonds is 7. The molecule has 0 spiro atoms. The summed E-state index contributed by atoms with van der Waals surface area (Å²) in [7, 11) is 1.24. The van der Waals surface area contributed by atoms with Crippen LogP contribution < -0.4 is 5.32 Å². The number of carbonyl (C=O) groups excluding carboxylic acids is 3. The number of alkyl carbamates (subject to hydrolysis) is 1. The van der Waals surface area contributed by atoms with E-state index in [1.165, 1.54) is 20.1 Å². The summed E-state index contributed by atoms with van der Waals surface area (Å²) in [5.74, 6) is -0.649. The first-order valence-corrected chi connectivity index (χ1v) is 8.34. The zero-order valence-electron chi connectivity index (χ0n) is 15.2. The maximum atomic E-state index is 12.0. The molecule has 0 fully saturated rings. The third-order valence-electron chi connectivity index (χ3n) is 3.74. The summed E-state index contributed by atoms with van der Waals surface area (Å²) in [6.45, 7) is 1.58. The zero-order valence-corrected chi connectivity index (χ0v) is 15.2. The lowest BCUT2D eigenvalue weighted by Crippen LogP contribution is -2.40. The first-order valence-electron chi connectivity index (χ1n) is 8.34. The lowest BCUT2D eigenvalue weighted by Gasteiger charge is -2.13. The van der Waals surface area contributed by atoms with Gasteiger partial charge in [0, 0.05) is 5.56 Å². The number of hydrogen-bond acceptors (Lipinski definition) is 5. The van der Waals surface area contributed by atoms with E-state index in [0.717, 1.165) is 11.1 Å². The summed E-state index contributed by atoms with van der Waals surface area (Å²) in [5, 5.41) is 2.46. The number of Topliss-reactive ketones (excluding diaryl/α,β-unsaturated/α-hetero) is 1. The first-order chi connectivity index (χ1) is 13.0. The van der Waals surface area contributed by atoms with Crippen LogP contribution in [0.25, 0.3) is 6.08 Å². The highest BCUT2D eigenvalue weighted by molar-refractivity contribution is 5.94. The van der Waals surface area contributed by atoms with Gasteiger partial charge in [-0.15, -0.1) is 0 Å². The molecule has 6 nitrogen and oxygen atoms in total. The molecule has 1 amide bonds. The lowest BCUT2D eigenvalue weighted by molar-refractivity contribution is -0.141. The fourth-order valence-corrected chi connectivity index (χ4v) is 2.24. The van der Waals surface area contributed by atoms with E-state index in [9.17, 15) is 14.4 Å². The van der Waals surface area contributed by atoms with Crippen molar-refractivity contribution in [3.05, 3.63) is 77.4 Å². The van der Waals surface area contributed by atoms with Crippen molar-refractivity contribution in [3.8, 4) is 0 Å². The number of methoxy groups -OCH3 is 1. The predicted molar refractivity (Wildman–Crippen MR) is 101 cm³/mol. The molecule has 27 heavy (non-hydrogen) atoms. The third kappa shape index (κ3) is 6.43. The van der Waals surface area contributed by atoms with Gasteiger partial charge in [0.05, 0.1) is 7.11 Å². The molecular weight excluding hydrogens is 346 g/mol. The van der Waals surface area contributed by atoms with E-state index in [4.69, 9.17) is 9.47 Å². The molecule has 0 saturated heterocycles. The Hall–Kier alpha value is -3.41. The molecule has 2 aromatic rings. The molecule has 2 aromatic carbocycles. The number of amides is 1. The van der Waals surface area contributed by atoms with Crippen LogP contribution >= 0.6 is 0 Å². The van der Waals surface area contributed by atoms with Crippen molar-refractivity contribution in [1.29, 1.82) is 0 Å². The van der Waals surface area contributed by atoms with Gasteiger partial charge in [-0.1, -0.05) is 66.7 Å². The minimum Gasteiger partial charge on any atom is -0.467 e. The van der Waals surface area contributed by atoms with E-state index in [2.05, 4.69) is 5.32 Å². The van der Waals surface area contributed by atoms with Crippen molar-refractivity contribution in [2.75, 3.05) is 7.11 Å². The van der Waals surface area contributed by atoms with E-state index in [1.807, 2.05) is 30.3 Å². The second-order valence-corrected chi connectivity index (χ2v) is 5.74. The standard InChI is InChI=1S/C21H21NO5/c1-15(23)18-11-8-16(9-12-18)10-13-19(20(24)26-2)22-21(25)27-14-17-6-4-3-5-7-17/h3-13,19H,14H2,1-2H3,(H,22,25)/b13-10+/t19-/m0/s1. The number of ether oxygens (including phenoxy) is 2. The largest absolute Gasteiger partial charge is 0.467 e. The van der Waals surface area contributed by atoms with Crippen molar-refractivity contribution >= 4 is 23.9 Å². The molecule has 1 atom stereocenters. The SMILES string of the molecule is COC(=O)[C@H](/C=C/c1ccc(C(C)=O)cc1)NC(=O)OCc1ccccc1. The molecule has 0 saturated carbocycles. The molecule has 140 valence electrons. The van der Waals surface area contributed by atoms with Crippen LogP contribution in [0, 0.1) is 0 Å². The Kier molecular flexibility index (Phi) is 7.31. The van der Waals surface area contributed by atoms with Crippen molar-refractivity contribution in [1.82, 2.24) is 5.32 Å². The maximum absolute atomic E-state index is 12.0. The Morgan fingerprint density at radius 2 is 1.70 bits per heavy atom. The number of nitrogens with one attached hydrogen (secondary N) is 1. The number of hydrogen-bond donors (Lipinski definition) is 1. The number of ketones is 1. The van der Waals surface area contributed by atoms with Crippen LogP contribution in [-0.4, -0.2) is 31.0 Å². The Balaban J connectivity index is 1.98. The van der Waals surface area contributed by atoms with Gasteiger partial charge in [-0.3, -0.25) is 4.79 Å². The monoisotopic (exact) mass is 367 g/mol. The van der Waals surface area contributed by atoms with E-state index in [0.29, 0.717) is 5.56 Å². The summed E-state index contributed by atoms with van der Waals surface area (Å²) in [5.41, 5.74) is 2.20. The van der Waals surface area contributed by atoms with Gasteiger partial charge in [0.15, 0.2) is 5.78 Å². The molecule has 0 aliphatic rings. The molecule has 0 aliphatic carbocycles. The highest BCUT2D eigenvalue weighted by Crippen LogP contribution is 2.08. The fourth-order valence-electron chi connectivity index (χ4n) is 2.24. The number of esters is 1. The average Bonchev–Trinajstić information content (AvgIpc) is 2.70. The van der Waals surface area contributed by atoms with Crippen LogP contribution in [0.3, 0.4) is 0 Å². The summed E-state index contributed by atoms with van der Waals surface area (Å²) in [4.78, 5) is 35.2. The highest BCUT2D eigenvalue weighted by Gasteiger charge is 2.19. The van der Waals surface area contributed by atoms with Crippen LogP contribution in [0.2, 0.25) is 0 Å². The van der Waals surface area contributed by atoms with Crippen molar-refractivity contribution in [2.24, 2.45) is 0 Å². The topological polar surface area (TPSA) is 81.7 Å². The van der Waals surface area contributed by atoms with E-state index < -0.39 is 18.1 Å². The molecule has 0 radical (unpaired) electrons. The average molecular weight is 367 g/mol. The molecule has 2 rings (SSSR count). The molecule has 6 heteroatoms. The molecule has 0 unspecified atom stereocenters. The van der Waals surface area contributed by atoms with Crippen LogP contribution in [0.15, 0.2) is 60.7 Å². The maximum Gasteiger partial charge on any atom is 0.408 e. The Labute approximate surface area is 157 Å². The van der Waals surface area contributed by atoms with Crippen molar-refractivity contribution in [3.63, 3.8) is 0 Å². The van der Waals surface area contributed by atoms with Crippen LogP contribution in [0.1, 0.15) is 28.4 Å². The van der Waals surface area contributed by atoms with E-state index in [1.54, 1.807) is 30.3 Å². The van der Waals surface area contributed by atoms with Gasteiger partial charge in [-0.05, 0) is 18.1 Å². The Morgan fingerprint density at radius 3 is 2.30 bits per heavy atom. The molecule has 0 aliphatic heterocycles. The van der Waals surface area contributed by atoms with E-state index >= 15 is 0 Å². The number of carbonyl (C=O) groups is 3. The van der Waals surface area contributed by atoms with Crippen LogP contribution in [-0.2, 0) is 20.9 Å². The predicted octanol–water partition coefficient (Wildman–Crippen LogP) is 3.37. The zero-order chi connectivity index (χ0) is 19.6. The third-order valence-corrected chi connectivity index (χ3v) is 3.74. The molecule has 0 heterocycles. The van der Waals surface area contributed by atoms with Gasteiger partial charge >= 0.3 is 12.1 Å². The lowest BCUT2D eigenvalue weighted by atomic mass is 10.1. The Bertz CT molecular complexity index is 812. The molecule has 0 bridgehead atoms. The van der Waals surface area contributed by atoms with Gasteiger partial charge in [0.1, 0.15) is 12.6 Å². The minimum atomic E-state index is -0.995. The second kappa shape index (κ2) is 9.91. The minimum absolute atomic E-state index is 0.0270. The normalized spacial score (nSPS) is 11.6. The van der Waals surface area contributed by atoms with Gasteiger partial charge in [0.25, 0.3) is 0 Å². The van der Waals surface area contributed by atoms with Crippen LogP contribution in [0.5, 0.6) is 0 Å². The molecular formula is C21H21NO5. The van der Waals surface area contributed by atoms with Gasteiger partial charge < -0.3 is 14.8 Å². The van der Waals surface area contributed by atoms with E-state index in [-0.39, 0.29) is 12.4 Å². The first kappa shape index (κ1) is 19.9. The van der Waals surface area contributed by atoms with Crippen LogP contribution in [0.4, 0.5) is 4.79 Å². The quantitative estimate of drug-likeness (QED) is 0.599. The smallest absolute Gasteiger partial charge is 0.408 e. The number of benzene rings is 2. The summed E-state index contributed by atoms with van der Waals surface area (Å²) < 4.78 is 9.83. The van der Waals surface area contributed by atoms with Gasteiger partial charge in [-0.25, -0.2) is 9.59 Å². The summed E-state index contributed by atoms with van der Waals surface area (Å²) >= 11 is 0. The van der Waals surface area contributed by atoms with Crippen molar-refractivity contribution < 1.29 is 23.9 Å². The second-order valence-electron chi connectivity index (χ2n) is 5.74.